The highest BCUT2D eigenvalue weighted by molar-refractivity contribution is 7.89. The number of benzene rings is 4. The first-order valence-corrected chi connectivity index (χ1v) is 13.9. The SMILES string of the molecule is COc1ccc(CCN(C2CC(=O)N(c3ccccc3)C2=O)S(=O)(=O)c2ccc3ccccc3c2)cc1OC. The normalized spacial score (nSPS) is 15.8. The van der Waals surface area contributed by atoms with Gasteiger partial charge in [-0.25, -0.2) is 13.3 Å². The molecule has 1 aliphatic rings. The van der Waals surface area contributed by atoms with Crippen LogP contribution in [-0.2, 0) is 26.0 Å². The average molecular weight is 545 g/mol. The molecule has 4 aromatic carbocycles. The van der Waals surface area contributed by atoms with Gasteiger partial charge in [-0.2, -0.15) is 4.31 Å². The predicted molar refractivity (Wildman–Crippen MR) is 148 cm³/mol. The third-order valence-electron chi connectivity index (χ3n) is 6.88. The van der Waals surface area contributed by atoms with Gasteiger partial charge in [-0.1, -0.05) is 54.6 Å². The van der Waals surface area contributed by atoms with E-state index in [1.165, 1.54) is 20.3 Å². The van der Waals surface area contributed by atoms with E-state index < -0.39 is 27.9 Å². The van der Waals surface area contributed by atoms with Gasteiger partial charge in [0.15, 0.2) is 11.5 Å². The number of fused-ring (bicyclic) bond motifs is 1. The molecular formula is C30H28N2O6S. The van der Waals surface area contributed by atoms with Gasteiger partial charge >= 0.3 is 0 Å². The van der Waals surface area contributed by atoms with Gasteiger partial charge < -0.3 is 9.47 Å². The first-order valence-electron chi connectivity index (χ1n) is 12.5. The Morgan fingerprint density at radius 3 is 2.23 bits per heavy atom. The number of nitrogens with zero attached hydrogens (tertiary/aromatic N) is 2. The van der Waals surface area contributed by atoms with Crippen LogP contribution in [0.1, 0.15) is 12.0 Å². The number of imide groups is 1. The van der Waals surface area contributed by atoms with Gasteiger partial charge in [0, 0.05) is 6.54 Å². The molecular weight excluding hydrogens is 516 g/mol. The van der Waals surface area contributed by atoms with E-state index >= 15 is 0 Å². The number of carbonyl (C=O) groups is 2. The van der Waals surface area contributed by atoms with Gasteiger partial charge in [-0.15, -0.1) is 0 Å². The molecule has 5 rings (SSSR count). The molecule has 1 fully saturated rings. The molecule has 1 heterocycles. The molecule has 0 N–H and O–H groups in total. The van der Waals surface area contributed by atoms with Crippen LogP contribution in [0.5, 0.6) is 11.5 Å². The van der Waals surface area contributed by atoms with E-state index in [4.69, 9.17) is 9.47 Å². The third-order valence-corrected chi connectivity index (χ3v) is 8.79. The van der Waals surface area contributed by atoms with Gasteiger partial charge in [0.1, 0.15) is 6.04 Å². The van der Waals surface area contributed by atoms with Gasteiger partial charge in [0.25, 0.3) is 5.91 Å². The van der Waals surface area contributed by atoms with E-state index in [-0.39, 0.29) is 24.3 Å². The lowest BCUT2D eigenvalue weighted by Crippen LogP contribution is -2.46. The lowest BCUT2D eigenvalue weighted by atomic mass is 10.1. The fourth-order valence-electron chi connectivity index (χ4n) is 4.87. The highest BCUT2D eigenvalue weighted by Crippen LogP contribution is 2.32. The monoisotopic (exact) mass is 544 g/mol. The van der Waals surface area contributed by atoms with Crippen molar-refractivity contribution < 1.29 is 27.5 Å². The van der Waals surface area contributed by atoms with Crippen LogP contribution in [0, 0.1) is 0 Å². The van der Waals surface area contributed by atoms with Crippen LogP contribution in [0.3, 0.4) is 0 Å². The molecule has 0 saturated carbocycles. The van der Waals surface area contributed by atoms with Crippen molar-refractivity contribution in [2.45, 2.75) is 23.8 Å². The molecule has 1 aliphatic heterocycles. The van der Waals surface area contributed by atoms with E-state index in [0.717, 1.165) is 25.5 Å². The lowest BCUT2D eigenvalue weighted by Gasteiger charge is -2.27. The molecule has 0 radical (unpaired) electrons. The van der Waals surface area contributed by atoms with E-state index in [0.29, 0.717) is 17.2 Å². The second-order valence-electron chi connectivity index (χ2n) is 9.19. The number of carbonyl (C=O) groups excluding carboxylic acids is 2. The summed E-state index contributed by atoms with van der Waals surface area (Å²) in [6, 6.07) is 25.1. The zero-order valence-corrected chi connectivity index (χ0v) is 22.4. The molecule has 1 saturated heterocycles. The highest BCUT2D eigenvalue weighted by atomic mass is 32.2. The summed E-state index contributed by atoms with van der Waals surface area (Å²) < 4.78 is 40.1. The van der Waals surface area contributed by atoms with E-state index in [9.17, 15) is 18.0 Å². The number of anilines is 1. The van der Waals surface area contributed by atoms with Crippen molar-refractivity contribution >= 4 is 38.3 Å². The highest BCUT2D eigenvalue weighted by Gasteiger charge is 2.46. The van der Waals surface area contributed by atoms with E-state index in [2.05, 4.69) is 0 Å². The summed E-state index contributed by atoms with van der Waals surface area (Å²) in [6.07, 6.45) is 0.0446. The zero-order chi connectivity index (χ0) is 27.6. The number of hydrogen-bond acceptors (Lipinski definition) is 6. The van der Waals surface area contributed by atoms with Crippen molar-refractivity contribution in [1.82, 2.24) is 4.31 Å². The van der Waals surface area contributed by atoms with Crippen molar-refractivity contribution in [2.75, 3.05) is 25.7 Å². The number of sulfonamides is 1. The second kappa shape index (κ2) is 10.9. The van der Waals surface area contributed by atoms with Gasteiger partial charge in [0.05, 0.1) is 31.2 Å². The van der Waals surface area contributed by atoms with Crippen molar-refractivity contribution in [3.63, 3.8) is 0 Å². The molecule has 0 aromatic heterocycles. The molecule has 0 bridgehead atoms. The Bertz CT molecular complexity index is 1640. The molecule has 1 atom stereocenters. The van der Waals surface area contributed by atoms with Crippen molar-refractivity contribution in [2.24, 2.45) is 0 Å². The number of ether oxygens (including phenoxy) is 2. The molecule has 1 unspecified atom stereocenters. The number of rotatable bonds is 9. The fourth-order valence-corrected chi connectivity index (χ4v) is 6.49. The predicted octanol–water partition coefficient (Wildman–Crippen LogP) is 4.42. The van der Waals surface area contributed by atoms with Crippen LogP contribution in [0.15, 0.2) is 95.9 Å². The first-order chi connectivity index (χ1) is 18.8. The molecule has 2 amide bonds. The van der Waals surface area contributed by atoms with E-state index in [1.54, 1.807) is 54.6 Å². The quantitative estimate of drug-likeness (QED) is 0.290. The summed E-state index contributed by atoms with van der Waals surface area (Å²) in [5, 5.41) is 1.66. The van der Waals surface area contributed by atoms with Gasteiger partial charge in [0.2, 0.25) is 15.9 Å². The minimum atomic E-state index is -4.16. The molecule has 8 nitrogen and oxygen atoms in total. The van der Waals surface area contributed by atoms with Crippen molar-refractivity contribution in [3.8, 4) is 11.5 Å². The van der Waals surface area contributed by atoms with Crippen LogP contribution in [0.2, 0.25) is 0 Å². The van der Waals surface area contributed by atoms with Crippen molar-refractivity contribution in [1.29, 1.82) is 0 Å². The standard InChI is InChI=1S/C30H28N2O6S/c1-37-27-15-12-21(18-28(27)38-2)16-17-31(26-20-29(33)32(30(26)34)24-10-4-3-5-11-24)39(35,36)25-14-13-22-8-6-7-9-23(22)19-25/h3-15,18-19,26H,16-17,20H2,1-2H3. The third kappa shape index (κ3) is 5.10. The Morgan fingerprint density at radius 2 is 1.51 bits per heavy atom. The number of methoxy groups -OCH3 is 2. The molecule has 0 aliphatic carbocycles. The van der Waals surface area contributed by atoms with Crippen LogP contribution < -0.4 is 14.4 Å². The number of para-hydroxylation sites is 1. The number of amides is 2. The smallest absolute Gasteiger partial charge is 0.252 e. The Morgan fingerprint density at radius 1 is 0.821 bits per heavy atom. The van der Waals surface area contributed by atoms with Crippen molar-refractivity contribution in [3.05, 3.63) is 96.6 Å². The molecule has 0 spiro atoms. The Labute approximate surface area is 227 Å². The maximum absolute atomic E-state index is 14.1. The number of hydrogen-bond donors (Lipinski definition) is 0. The summed E-state index contributed by atoms with van der Waals surface area (Å²) in [5.41, 5.74) is 1.21. The fraction of sp³-hybridized carbons (Fsp3) is 0.200. The topological polar surface area (TPSA) is 93.2 Å². The average Bonchev–Trinajstić information content (AvgIpc) is 3.25. The molecule has 39 heavy (non-hydrogen) atoms. The largest absolute Gasteiger partial charge is 0.493 e. The Kier molecular flexibility index (Phi) is 7.36. The maximum atomic E-state index is 14.1. The molecule has 200 valence electrons. The first kappa shape index (κ1) is 26.4. The van der Waals surface area contributed by atoms with Crippen LogP contribution in [0.4, 0.5) is 5.69 Å². The zero-order valence-electron chi connectivity index (χ0n) is 21.6. The minimum absolute atomic E-state index is 0.0169. The summed E-state index contributed by atoms with van der Waals surface area (Å²) in [6.45, 7) is -0.0169. The van der Waals surface area contributed by atoms with Gasteiger partial charge in [-0.3, -0.25) is 9.59 Å². The Balaban J connectivity index is 1.52. The summed E-state index contributed by atoms with van der Waals surface area (Å²) in [4.78, 5) is 27.8. The lowest BCUT2D eigenvalue weighted by molar-refractivity contribution is -0.122. The summed E-state index contributed by atoms with van der Waals surface area (Å²) in [5.74, 6) is 0.0576. The second-order valence-corrected chi connectivity index (χ2v) is 11.1. The maximum Gasteiger partial charge on any atom is 0.252 e. The van der Waals surface area contributed by atoms with Crippen LogP contribution in [-0.4, -0.2) is 51.3 Å². The van der Waals surface area contributed by atoms with Crippen LogP contribution >= 0.6 is 0 Å². The summed E-state index contributed by atoms with van der Waals surface area (Å²) in [7, 11) is -1.09. The van der Waals surface area contributed by atoms with E-state index in [1.807, 2.05) is 30.3 Å². The van der Waals surface area contributed by atoms with Gasteiger partial charge in [-0.05, 0) is 59.2 Å². The molecule has 4 aromatic rings. The summed E-state index contributed by atoms with van der Waals surface area (Å²) >= 11 is 0. The van der Waals surface area contributed by atoms with Crippen LogP contribution in [0.25, 0.3) is 10.8 Å². The minimum Gasteiger partial charge on any atom is -0.493 e. The molecule has 9 heteroatoms. The Hall–Kier alpha value is -4.21.